The van der Waals surface area contributed by atoms with Gasteiger partial charge in [-0.1, -0.05) is 31.3 Å². The van der Waals surface area contributed by atoms with Crippen molar-refractivity contribution in [1.82, 2.24) is 20.6 Å². The zero-order valence-corrected chi connectivity index (χ0v) is 18.7. The number of amides is 1. The summed E-state index contributed by atoms with van der Waals surface area (Å²) < 4.78 is 13.5. The van der Waals surface area contributed by atoms with E-state index in [0.29, 0.717) is 24.0 Å². The Morgan fingerprint density at radius 2 is 2.19 bits per heavy atom. The Labute approximate surface area is 189 Å². The van der Waals surface area contributed by atoms with E-state index in [1.807, 2.05) is 0 Å². The molecule has 0 radical (unpaired) electrons. The van der Waals surface area contributed by atoms with Crippen LogP contribution in [0.5, 0.6) is 0 Å². The number of hydrogen-bond acceptors (Lipinski definition) is 6. The Morgan fingerprint density at radius 3 is 2.97 bits per heavy atom. The maximum absolute atomic E-state index is 13.5. The fourth-order valence-corrected chi connectivity index (χ4v) is 3.68. The molecule has 0 spiro atoms. The van der Waals surface area contributed by atoms with Crippen LogP contribution in [0.2, 0.25) is 0 Å². The third-order valence-corrected chi connectivity index (χ3v) is 5.20. The first-order valence-electron chi connectivity index (χ1n) is 11.2. The molecule has 3 rings (SSSR count). The SMILES string of the molecule is CCCNc1nc(Nc2cccc(F)c2)ncc1C#C[C@@H]1CCC[C@H](NC(=O)CNC)C1. The Kier molecular flexibility index (Phi) is 8.81. The molecule has 2 aromatic rings. The van der Waals surface area contributed by atoms with E-state index in [0.717, 1.165) is 44.2 Å². The molecule has 1 aromatic carbocycles. The lowest BCUT2D eigenvalue weighted by molar-refractivity contribution is -0.121. The molecule has 7 nitrogen and oxygen atoms in total. The summed E-state index contributed by atoms with van der Waals surface area (Å²) in [6, 6.07) is 6.34. The van der Waals surface area contributed by atoms with E-state index in [4.69, 9.17) is 0 Å². The zero-order valence-electron chi connectivity index (χ0n) is 18.7. The molecule has 0 saturated heterocycles. The van der Waals surface area contributed by atoms with Gasteiger partial charge in [-0.15, -0.1) is 0 Å². The zero-order chi connectivity index (χ0) is 22.8. The average Bonchev–Trinajstić information content (AvgIpc) is 2.77. The van der Waals surface area contributed by atoms with Gasteiger partial charge in [0.1, 0.15) is 11.6 Å². The summed E-state index contributed by atoms with van der Waals surface area (Å²) in [5, 5.41) is 12.3. The highest BCUT2D eigenvalue weighted by Gasteiger charge is 2.22. The highest BCUT2D eigenvalue weighted by molar-refractivity contribution is 5.78. The van der Waals surface area contributed by atoms with Gasteiger partial charge in [0.25, 0.3) is 0 Å². The highest BCUT2D eigenvalue weighted by Crippen LogP contribution is 2.24. The van der Waals surface area contributed by atoms with Crippen molar-refractivity contribution in [3.8, 4) is 11.8 Å². The number of carbonyl (C=O) groups is 1. The summed E-state index contributed by atoms with van der Waals surface area (Å²) in [4.78, 5) is 20.8. The molecule has 1 amide bonds. The molecule has 8 heteroatoms. The number of likely N-dealkylation sites (N-methyl/N-ethyl adjacent to an activating group) is 1. The molecule has 1 heterocycles. The minimum atomic E-state index is -0.324. The second-order valence-corrected chi connectivity index (χ2v) is 7.95. The van der Waals surface area contributed by atoms with Crippen LogP contribution in [-0.4, -0.2) is 42.1 Å². The monoisotopic (exact) mass is 438 g/mol. The fourth-order valence-electron chi connectivity index (χ4n) is 3.68. The maximum atomic E-state index is 13.5. The molecule has 0 unspecified atom stereocenters. The molecule has 170 valence electrons. The van der Waals surface area contributed by atoms with Gasteiger partial charge in [-0.3, -0.25) is 4.79 Å². The lowest BCUT2D eigenvalue weighted by Crippen LogP contribution is -2.41. The van der Waals surface area contributed by atoms with Crippen LogP contribution in [0.15, 0.2) is 30.5 Å². The molecule has 1 saturated carbocycles. The van der Waals surface area contributed by atoms with Gasteiger partial charge in [-0.25, -0.2) is 9.37 Å². The summed E-state index contributed by atoms with van der Waals surface area (Å²) in [6.45, 7) is 3.16. The Morgan fingerprint density at radius 1 is 1.31 bits per heavy atom. The smallest absolute Gasteiger partial charge is 0.234 e. The van der Waals surface area contributed by atoms with Crippen molar-refractivity contribution in [2.45, 2.75) is 45.1 Å². The molecular formula is C24H31FN6O. The van der Waals surface area contributed by atoms with Crippen molar-refractivity contribution in [3.05, 3.63) is 41.8 Å². The molecule has 1 aliphatic carbocycles. The molecule has 4 N–H and O–H groups in total. The predicted octanol–water partition coefficient (Wildman–Crippen LogP) is 3.43. The standard InChI is InChI=1S/C24H31FN6O/c1-3-12-27-23-18(15-28-24(31-23)30-21-9-5-7-19(25)14-21)11-10-17-6-4-8-20(13-17)29-22(32)16-26-2/h5,7,9,14-15,17,20,26H,3-4,6,8,12-13,16H2,1-2H3,(H,29,32)(H2,27,28,30,31)/t17-,20-/m0/s1. The van der Waals surface area contributed by atoms with Gasteiger partial charge in [-0.05, 0) is 50.9 Å². The largest absolute Gasteiger partial charge is 0.369 e. The van der Waals surface area contributed by atoms with Crippen LogP contribution < -0.4 is 21.3 Å². The van der Waals surface area contributed by atoms with E-state index in [-0.39, 0.29) is 23.7 Å². The normalized spacial score (nSPS) is 17.7. The van der Waals surface area contributed by atoms with Crippen LogP contribution in [0, 0.1) is 23.6 Å². The van der Waals surface area contributed by atoms with Crippen molar-refractivity contribution in [1.29, 1.82) is 0 Å². The van der Waals surface area contributed by atoms with Gasteiger partial charge in [0.15, 0.2) is 0 Å². The van der Waals surface area contributed by atoms with Crippen molar-refractivity contribution in [2.75, 3.05) is 30.8 Å². The third-order valence-electron chi connectivity index (χ3n) is 5.20. The highest BCUT2D eigenvalue weighted by atomic mass is 19.1. The minimum Gasteiger partial charge on any atom is -0.369 e. The molecule has 1 aliphatic rings. The third kappa shape index (κ3) is 7.20. The first kappa shape index (κ1) is 23.5. The lowest BCUT2D eigenvalue weighted by Gasteiger charge is -2.27. The Hall–Kier alpha value is -3.18. The van der Waals surface area contributed by atoms with Crippen LogP contribution >= 0.6 is 0 Å². The Balaban J connectivity index is 1.71. The van der Waals surface area contributed by atoms with E-state index in [9.17, 15) is 9.18 Å². The second kappa shape index (κ2) is 12.0. The fraction of sp³-hybridized carbons (Fsp3) is 0.458. The summed E-state index contributed by atoms with van der Waals surface area (Å²) in [5.41, 5.74) is 1.31. The van der Waals surface area contributed by atoms with Gasteiger partial charge in [0.2, 0.25) is 11.9 Å². The van der Waals surface area contributed by atoms with Crippen molar-refractivity contribution < 1.29 is 9.18 Å². The summed E-state index contributed by atoms with van der Waals surface area (Å²) >= 11 is 0. The number of anilines is 3. The van der Waals surface area contributed by atoms with Gasteiger partial charge < -0.3 is 21.3 Å². The van der Waals surface area contributed by atoms with Crippen LogP contribution in [0.25, 0.3) is 0 Å². The number of benzene rings is 1. The first-order chi connectivity index (χ1) is 15.6. The van der Waals surface area contributed by atoms with Crippen molar-refractivity contribution in [3.63, 3.8) is 0 Å². The van der Waals surface area contributed by atoms with E-state index in [1.165, 1.54) is 12.1 Å². The molecule has 1 aromatic heterocycles. The van der Waals surface area contributed by atoms with Crippen molar-refractivity contribution >= 4 is 23.4 Å². The molecule has 0 bridgehead atoms. The molecule has 0 aliphatic heterocycles. The quantitative estimate of drug-likeness (QED) is 0.472. The number of rotatable bonds is 8. The van der Waals surface area contributed by atoms with Crippen LogP contribution in [0.3, 0.4) is 0 Å². The molecular weight excluding hydrogens is 407 g/mol. The Bertz CT molecular complexity index is 970. The van der Waals surface area contributed by atoms with Gasteiger partial charge >= 0.3 is 0 Å². The number of hydrogen-bond donors (Lipinski definition) is 4. The van der Waals surface area contributed by atoms with E-state index in [2.05, 4.69) is 50.0 Å². The van der Waals surface area contributed by atoms with E-state index in [1.54, 1.807) is 25.4 Å². The van der Waals surface area contributed by atoms with E-state index < -0.39 is 0 Å². The van der Waals surface area contributed by atoms with Gasteiger partial charge in [0.05, 0.1) is 18.3 Å². The van der Waals surface area contributed by atoms with E-state index >= 15 is 0 Å². The molecule has 32 heavy (non-hydrogen) atoms. The number of nitrogens with zero attached hydrogens (tertiary/aromatic N) is 2. The van der Waals surface area contributed by atoms with Gasteiger partial charge in [-0.2, -0.15) is 4.98 Å². The molecule has 2 atom stereocenters. The summed E-state index contributed by atoms with van der Waals surface area (Å²) in [6.07, 6.45) is 6.52. The van der Waals surface area contributed by atoms with Crippen molar-refractivity contribution in [2.24, 2.45) is 5.92 Å². The molecule has 1 fully saturated rings. The van der Waals surface area contributed by atoms with Crippen LogP contribution in [0.1, 0.15) is 44.6 Å². The van der Waals surface area contributed by atoms with Crippen LogP contribution in [-0.2, 0) is 4.79 Å². The summed E-state index contributed by atoms with van der Waals surface area (Å²) in [5.74, 6) is 7.55. The average molecular weight is 439 g/mol. The lowest BCUT2D eigenvalue weighted by atomic mass is 9.86. The number of aromatic nitrogens is 2. The predicted molar refractivity (Wildman–Crippen MR) is 125 cm³/mol. The first-order valence-corrected chi connectivity index (χ1v) is 11.2. The van der Waals surface area contributed by atoms with Crippen LogP contribution in [0.4, 0.5) is 21.8 Å². The second-order valence-electron chi connectivity index (χ2n) is 7.95. The number of nitrogens with one attached hydrogen (secondary N) is 4. The number of carbonyl (C=O) groups excluding carboxylic acids is 1. The number of halogens is 1. The summed E-state index contributed by atoms with van der Waals surface area (Å²) in [7, 11) is 1.76. The van der Waals surface area contributed by atoms with Gasteiger partial charge in [0, 0.05) is 24.2 Å². The maximum Gasteiger partial charge on any atom is 0.234 e. The minimum absolute atomic E-state index is 0.0203. The topological polar surface area (TPSA) is 91.0 Å².